The molecular weight excluding hydrogens is 286 g/mol. The van der Waals surface area contributed by atoms with Gasteiger partial charge < -0.3 is 14.9 Å². The van der Waals surface area contributed by atoms with Crippen LogP contribution in [0.4, 0.5) is 0 Å². The summed E-state index contributed by atoms with van der Waals surface area (Å²) in [5.41, 5.74) is 0. The van der Waals surface area contributed by atoms with Gasteiger partial charge in [-0.3, -0.25) is 4.90 Å². The molecule has 0 spiro atoms. The zero-order valence-electron chi connectivity index (χ0n) is 9.68. The van der Waals surface area contributed by atoms with Crippen molar-refractivity contribution in [3.63, 3.8) is 0 Å². The van der Waals surface area contributed by atoms with Crippen LogP contribution in [0.2, 0.25) is 0 Å². The van der Waals surface area contributed by atoms with Crippen LogP contribution in [-0.2, 0) is 0 Å². The molecule has 1 rings (SSSR count). The van der Waals surface area contributed by atoms with E-state index >= 15 is 0 Å². The number of aliphatic hydroxyl groups is 2. The van der Waals surface area contributed by atoms with E-state index in [2.05, 4.69) is 15.9 Å². The highest BCUT2D eigenvalue weighted by Gasteiger charge is 2.03. The Hall–Kier alpha value is -0.620. The molecule has 0 amide bonds. The Kier molecular flexibility index (Phi) is 7.19. The number of halogens is 1. The van der Waals surface area contributed by atoms with E-state index < -0.39 is 0 Å². The van der Waals surface area contributed by atoms with Gasteiger partial charge in [-0.05, 0) is 24.3 Å². The summed E-state index contributed by atoms with van der Waals surface area (Å²) in [5.74, 6) is 0.821. The van der Waals surface area contributed by atoms with E-state index in [0.717, 1.165) is 10.2 Å². The van der Waals surface area contributed by atoms with E-state index in [1.54, 1.807) is 0 Å². The van der Waals surface area contributed by atoms with Crippen LogP contribution < -0.4 is 4.74 Å². The molecule has 0 aliphatic rings. The summed E-state index contributed by atoms with van der Waals surface area (Å²) in [6.07, 6.45) is 0. The maximum absolute atomic E-state index is 8.84. The third kappa shape index (κ3) is 6.02. The van der Waals surface area contributed by atoms with Crippen molar-refractivity contribution in [1.82, 2.24) is 4.90 Å². The minimum Gasteiger partial charge on any atom is -0.492 e. The zero-order valence-corrected chi connectivity index (χ0v) is 11.3. The van der Waals surface area contributed by atoms with Crippen LogP contribution in [0, 0.1) is 0 Å². The second-order valence-electron chi connectivity index (χ2n) is 3.59. The smallest absolute Gasteiger partial charge is 0.119 e. The van der Waals surface area contributed by atoms with Gasteiger partial charge in [0.25, 0.3) is 0 Å². The monoisotopic (exact) mass is 303 g/mol. The van der Waals surface area contributed by atoms with E-state index in [0.29, 0.717) is 26.2 Å². The minimum absolute atomic E-state index is 0.0955. The van der Waals surface area contributed by atoms with Gasteiger partial charge in [0, 0.05) is 24.1 Å². The van der Waals surface area contributed by atoms with Crippen LogP contribution in [0.1, 0.15) is 0 Å². The molecule has 17 heavy (non-hydrogen) atoms. The Bertz CT molecular complexity index is 299. The van der Waals surface area contributed by atoms with E-state index in [4.69, 9.17) is 14.9 Å². The van der Waals surface area contributed by atoms with Gasteiger partial charge in [-0.2, -0.15) is 0 Å². The quantitative estimate of drug-likeness (QED) is 0.755. The Morgan fingerprint density at radius 3 is 2.12 bits per heavy atom. The topological polar surface area (TPSA) is 52.9 Å². The van der Waals surface area contributed by atoms with E-state index in [9.17, 15) is 0 Å². The summed E-state index contributed by atoms with van der Waals surface area (Å²) in [6.45, 7) is 2.55. The average Bonchev–Trinajstić information content (AvgIpc) is 2.32. The maximum Gasteiger partial charge on any atom is 0.119 e. The summed E-state index contributed by atoms with van der Waals surface area (Å²) < 4.78 is 6.58. The largest absolute Gasteiger partial charge is 0.492 e. The highest BCUT2D eigenvalue weighted by Crippen LogP contribution is 2.15. The van der Waals surface area contributed by atoms with Crippen LogP contribution in [-0.4, -0.2) is 54.6 Å². The first kappa shape index (κ1) is 14.4. The van der Waals surface area contributed by atoms with Crippen molar-refractivity contribution in [2.45, 2.75) is 0 Å². The third-order valence-electron chi connectivity index (χ3n) is 2.32. The molecule has 5 heteroatoms. The minimum atomic E-state index is 0.0955. The molecule has 0 aliphatic carbocycles. The van der Waals surface area contributed by atoms with Gasteiger partial charge in [0.2, 0.25) is 0 Å². The molecule has 2 N–H and O–H groups in total. The van der Waals surface area contributed by atoms with Crippen molar-refractivity contribution in [3.8, 4) is 5.75 Å². The molecule has 0 radical (unpaired) electrons. The lowest BCUT2D eigenvalue weighted by Gasteiger charge is -2.20. The molecule has 0 aliphatic heterocycles. The van der Waals surface area contributed by atoms with Crippen molar-refractivity contribution >= 4 is 15.9 Å². The fourth-order valence-corrected chi connectivity index (χ4v) is 1.71. The molecule has 0 saturated carbocycles. The van der Waals surface area contributed by atoms with Crippen molar-refractivity contribution in [2.24, 2.45) is 0 Å². The van der Waals surface area contributed by atoms with Crippen LogP contribution in [0.3, 0.4) is 0 Å². The SMILES string of the molecule is OCCN(CCO)CCOc1ccc(Br)cc1. The van der Waals surface area contributed by atoms with E-state index in [-0.39, 0.29) is 13.2 Å². The molecule has 4 nitrogen and oxygen atoms in total. The van der Waals surface area contributed by atoms with Crippen molar-refractivity contribution in [2.75, 3.05) is 39.5 Å². The van der Waals surface area contributed by atoms with Gasteiger partial charge in [0.15, 0.2) is 0 Å². The lowest BCUT2D eigenvalue weighted by molar-refractivity contribution is 0.141. The van der Waals surface area contributed by atoms with Crippen LogP contribution in [0.15, 0.2) is 28.7 Å². The number of nitrogens with zero attached hydrogens (tertiary/aromatic N) is 1. The number of aliphatic hydroxyl groups excluding tert-OH is 2. The number of benzene rings is 1. The normalized spacial score (nSPS) is 10.8. The molecule has 0 fully saturated rings. The molecule has 0 aromatic heterocycles. The molecule has 1 aromatic carbocycles. The Labute approximate surface area is 110 Å². The van der Waals surface area contributed by atoms with Gasteiger partial charge in [0.1, 0.15) is 12.4 Å². The summed E-state index contributed by atoms with van der Waals surface area (Å²) in [5, 5.41) is 17.7. The van der Waals surface area contributed by atoms with Gasteiger partial charge in [0.05, 0.1) is 13.2 Å². The standard InChI is InChI=1S/C12H18BrNO3/c13-11-1-3-12(4-2-11)17-10-7-14(5-8-15)6-9-16/h1-4,15-16H,5-10H2. The Morgan fingerprint density at radius 1 is 1.00 bits per heavy atom. The molecule has 96 valence electrons. The van der Waals surface area contributed by atoms with Crippen molar-refractivity contribution in [3.05, 3.63) is 28.7 Å². The number of rotatable bonds is 8. The number of hydrogen-bond donors (Lipinski definition) is 2. The van der Waals surface area contributed by atoms with Crippen molar-refractivity contribution in [1.29, 1.82) is 0 Å². The molecule has 0 unspecified atom stereocenters. The van der Waals surface area contributed by atoms with Crippen LogP contribution in [0.5, 0.6) is 5.75 Å². The lowest BCUT2D eigenvalue weighted by Crippen LogP contribution is -2.33. The van der Waals surface area contributed by atoms with Crippen LogP contribution in [0.25, 0.3) is 0 Å². The zero-order chi connectivity index (χ0) is 12.5. The highest BCUT2D eigenvalue weighted by molar-refractivity contribution is 9.10. The average molecular weight is 304 g/mol. The second-order valence-corrected chi connectivity index (χ2v) is 4.51. The molecule has 1 aromatic rings. The lowest BCUT2D eigenvalue weighted by atomic mass is 10.3. The van der Waals surface area contributed by atoms with Gasteiger partial charge in [-0.1, -0.05) is 15.9 Å². The molecular formula is C12H18BrNO3. The summed E-state index contributed by atoms with van der Waals surface area (Å²) in [6, 6.07) is 7.64. The fourth-order valence-electron chi connectivity index (χ4n) is 1.44. The summed E-state index contributed by atoms with van der Waals surface area (Å²) in [7, 11) is 0. The Balaban J connectivity index is 2.27. The summed E-state index contributed by atoms with van der Waals surface area (Å²) >= 11 is 3.36. The first-order valence-corrected chi connectivity index (χ1v) is 6.38. The van der Waals surface area contributed by atoms with Crippen molar-refractivity contribution < 1.29 is 14.9 Å². The molecule has 0 saturated heterocycles. The Morgan fingerprint density at radius 2 is 1.59 bits per heavy atom. The van der Waals surface area contributed by atoms with Crippen LogP contribution >= 0.6 is 15.9 Å². The second kappa shape index (κ2) is 8.47. The first-order valence-electron chi connectivity index (χ1n) is 5.58. The maximum atomic E-state index is 8.84. The van der Waals surface area contributed by atoms with Gasteiger partial charge in [-0.25, -0.2) is 0 Å². The first-order chi connectivity index (χ1) is 8.26. The third-order valence-corrected chi connectivity index (χ3v) is 2.85. The number of hydrogen-bond acceptors (Lipinski definition) is 4. The summed E-state index contributed by atoms with van der Waals surface area (Å²) in [4.78, 5) is 1.96. The van der Waals surface area contributed by atoms with Gasteiger partial charge >= 0.3 is 0 Å². The molecule has 0 bridgehead atoms. The number of ether oxygens (including phenoxy) is 1. The molecule has 0 atom stereocenters. The predicted octanol–water partition coefficient (Wildman–Crippen LogP) is 1.11. The van der Waals surface area contributed by atoms with Gasteiger partial charge in [-0.15, -0.1) is 0 Å². The predicted molar refractivity (Wildman–Crippen MR) is 70.2 cm³/mol. The molecule has 0 heterocycles. The highest BCUT2D eigenvalue weighted by atomic mass is 79.9. The van der Waals surface area contributed by atoms with E-state index in [1.165, 1.54) is 0 Å². The fraction of sp³-hybridized carbons (Fsp3) is 0.500. The van der Waals surface area contributed by atoms with E-state index in [1.807, 2.05) is 29.2 Å².